The van der Waals surface area contributed by atoms with E-state index in [0.717, 1.165) is 43.2 Å². The number of hydrogen-bond acceptors (Lipinski definition) is 5. The fraction of sp³-hybridized carbons (Fsp3) is 0.500. The Balaban J connectivity index is 1.57. The van der Waals surface area contributed by atoms with Gasteiger partial charge in [-0.1, -0.05) is 18.2 Å². The Bertz CT molecular complexity index is 1070. The summed E-state index contributed by atoms with van der Waals surface area (Å²) in [5.74, 6) is 0.378. The van der Waals surface area contributed by atoms with Crippen molar-refractivity contribution >= 4 is 27.3 Å². The fourth-order valence-electron chi connectivity index (χ4n) is 4.69. The maximum absolute atomic E-state index is 13.0. The predicted molar refractivity (Wildman–Crippen MR) is 126 cm³/mol. The van der Waals surface area contributed by atoms with Crippen molar-refractivity contribution in [2.75, 3.05) is 33.4 Å². The predicted octanol–water partition coefficient (Wildman–Crippen LogP) is 4.10. The molecular formula is C24H32N4O2S. The minimum atomic E-state index is 0.0163. The van der Waals surface area contributed by atoms with Gasteiger partial charge in [-0.2, -0.15) is 5.10 Å². The zero-order valence-corrected chi connectivity index (χ0v) is 19.7. The first-order valence-electron chi connectivity index (χ1n) is 11.1. The molecule has 1 saturated heterocycles. The lowest BCUT2D eigenvalue weighted by atomic mass is 9.95. The van der Waals surface area contributed by atoms with Crippen LogP contribution in [0.2, 0.25) is 0 Å². The molecule has 2 aromatic heterocycles. The summed E-state index contributed by atoms with van der Waals surface area (Å²) in [5, 5.41) is 8.93. The average Bonchev–Trinajstić information content (AvgIpc) is 3.45. The minimum absolute atomic E-state index is 0.0163. The molecule has 0 bridgehead atoms. The summed E-state index contributed by atoms with van der Waals surface area (Å²) in [6, 6.07) is 8.40. The molecule has 0 spiro atoms. The first-order valence-corrected chi connectivity index (χ1v) is 11.9. The van der Waals surface area contributed by atoms with E-state index < -0.39 is 0 Å². The van der Waals surface area contributed by atoms with E-state index in [2.05, 4.69) is 59.0 Å². The van der Waals surface area contributed by atoms with E-state index in [-0.39, 0.29) is 5.91 Å². The number of nitrogens with zero attached hydrogens (tertiary/aromatic N) is 3. The van der Waals surface area contributed by atoms with Crippen LogP contribution in [0.5, 0.6) is 0 Å². The molecule has 166 valence electrons. The van der Waals surface area contributed by atoms with Crippen LogP contribution in [0.25, 0.3) is 10.1 Å². The molecule has 0 aliphatic carbocycles. The van der Waals surface area contributed by atoms with Crippen LogP contribution in [0.3, 0.4) is 0 Å². The van der Waals surface area contributed by atoms with E-state index in [4.69, 9.17) is 4.74 Å². The number of aromatic nitrogens is 2. The van der Waals surface area contributed by atoms with Crippen molar-refractivity contribution in [1.82, 2.24) is 20.0 Å². The molecule has 1 unspecified atom stereocenters. The second-order valence-electron chi connectivity index (χ2n) is 8.28. The summed E-state index contributed by atoms with van der Waals surface area (Å²) in [5.41, 5.74) is 4.95. The lowest BCUT2D eigenvalue weighted by Gasteiger charge is -2.17. The van der Waals surface area contributed by atoms with Crippen molar-refractivity contribution < 1.29 is 9.53 Å². The molecule has 7 heteroatoms. The van der Waals surface area contributed by atoms with Crippen LogP contribution in [0.4, 0.5) is 0 Å². The van der Waals surface area contributed by atoms with Crippen molar-refractivity contribution in [3.8, 4) is 0 Å². The molecule has 1 aliphatic heterocycles. The van der Waals surface area contributed by atoms with Gasteiger partial charge in [0.2, 0.25) is 0 Å². The molecule has 3 aromatic rings. The Morgan fingerprint density at radius 1 is 1.32 bits per heavy atom. The first-order chi connectivity index (χ1) is 15.0. The van der Waals surface area contributed by atoms with Gasteiger partial charge in [-0.15, -0.1) is 11.3 Å². The molecule has 1 N–H and O–H groups in total. The number of benzene rings is 1. The number of nitrogens with one attached hydrogen (secondary N) is 1. The maximum Gasteiger partial charge on any atom is 0.261 e. The summed E-state index contributed by atoms with van der Waals surface area (Å²) in [6.07, 6.45) is 1.07. The molecule has 3 heterocycles. The SMILES string of the molecule is CCn1nc(C)c(CN2CCC(c3c(C(=O)NCCOC)sc4ccccc34)C2)c1C. The fourth-order valence-corrected chi connectivity index (χ4v) is 5.90. The third-order valence-corrected chi connectivity index (χ3v) is 7.51. The number of likely N-dealkylation sites (tertiary alicyclic amines) is 1. The van der Waals surface area contributed by atoms with Crippen molar-refractivity contribution in [3.63, 3.8) is 0 Å². The molecule has 1 aromatic carbocycles. The molecule has 31 heavy (non-hydrogen) atoms. The van der Waals surface area contributed by atoms with Gasteiger partial charge in [-0.3, -0.25) is 14.4 Å². The van der Waals surface area contributed by atoms with Gasteiger partial charge in [0.05, 0.1) is 17.2 Å². The van der Waals surface area contributed by atoms with E-state index >= 15 is 0 Å². The number of methoxy groups -OCH3 is 1. The number of amides is 1. The first kappa shape index (κ1) is 22.0. The molecule has 0 saturated carbocycles. The number of hydrogen-bond donors (Lipinski definition) is 1. The maximum atomic E-state index is 13.0. The Morgan fingerprint density at radius 2 is 2.13 bits per heavy atom. The Labute approximate surface area is 188 Å². The zero-order chi connectivity index (χ0) is 22.0. The standard InChI is InChI=1S/C24H32N4O2S/c1-5-28-17(3)20(16(2)26-28)15-27-12-10-18(14-27)22-19-8-6-7-9-21(19)31-23(22)24(29)25-11-13-30-4/h6-9,18H,5,10-15H2,1-4H3,(H,25,29). The van der Waals surface area contributed by atoms with Crippen LogP contribution in [0, 0.1) is 13.8 Å². The summed E-state index contributed by atoms with van der Waals surface area (Å²) in [6.45, 7) is 11.3. The van der Waals surface area contributed by atoms with Crippen molar-refractivity contribution in [2.45, 2.75) is 46.2 Å². The van der Waals surface area contributed by atoms with Gasteiger partial charge in [-0.05, 0) is 50.8 Å². The van der Waals surface area contributed by atoms with Gasteiger partial charge in [-0.25, -0.2) is 0 Å². The zero-order valence-electron chi connectivity index (χ0n) is 18.9. The van der Waals surface area contributed by atoms with E-state index in [9.17, 15) is 4.79 Å². The van der Waals surface area contributed by atoms with E-state index in [1.807, 2.05) is 6.07 Å². The molecular weight excluding hydrogens is 408 g/mol. The average molecular weight is 441 g/mol. The Kier molecular flexibility index (Phi) is 6.74. The molecule has 1 aliphatic rings. The minimum Gasteiger partial charge on any atom is -0.383 e. The number of thiophene rings is 1. The third-order valence-electron chi connectivity index (χ3n) is 6.33. The number of fused-ring (bicyclic) bond motifs is 1. The van der Waals surface area contributed by atoms with Gasteiger partial charge in [0.25, 0.3) is 5.91 Å². The number of carbonyl (C=O) groups excluding carboxylic acids is 1. The van der Waals surface area contributed by atoms with Gasteiger partial charge in [0.1, 0.15) is 0 Å². The number of rotatable bonds is 8. The largest absolute Gasteiger partial charge is 0.383 e. The lowest BCUT2D eigenvalue weighted by molar-refractivity contribution is 0.0940. The highest BCUT2D eigenvalue weighted by molar-refractivity contribution is 7.21. The third kappa shape index (κ3) is 4.40. The van der Waals surface area contributed by atoms with Crippen LogP contribution < -0.4 is 5.32 Å². The van der Waals surface area contributed by atoms with Crippen molar-refractivity contribution in [1.29, 1.82) is 0 Å². The van der Waals surface area contributed by atoms with Gasteiger partial charge in [0, 0.05) is 55.2 Å². The smallest absolute Gasteiger partial charge is 0.261 e. The quantitative estimate of drug-likeness (QED) is 0.536. The van der Waals surface area contributed by atoms with Crippen LogP contribution in [0.15, 0.2) is 24.3 Å². The van der Waals surface area contributed by atoms with E-state index in [0.29, 0.717) is 19.1 Å². The van der Waals surface area contributed by atoms with Crippen LogP contribution in [-0.2, 0) is 17.8 Å². The summed E-state index contributed by atoms with van der Waals surface area (Å²) in [7, 11) is 1.65. The van der Waals surface area contributed by atoms with Gasteiger partial charge >= 0.3 is 0 Å². The molecule has 1 atom stereocenters. The monoisotopic (exact) mass is 440 g/mol. The lowest BCUT2D eigenvalue weighted by Crippen LogP contribution is -2.27. The molecule has 0 radical (unpaired) electrons. The highest BCUT2D eigenvalue weighted by Crippen LogP contribution is 2.40. The summed E-state index contributed by atoms with van der Waals surface area (Å²) >= 11 is 1.61. The number of ether oxygens (including phenoxy) is 1. The normalized spacial score (nSPS) is 17.0. The molecule has 6 nitrogen and oxygen atoms in total. The highest BCUT2D eigenvalue weighted by atomic mass is 32.1. The van der Waals surface area contributed by atoms with Gasteiger partial charge < -0.3 is 10.1 Å². The second-order valence-corrected chi connectivity index (χ2v) is 9.33. The molecule has 1 amide bonds. The van der Waals surface area contributed by atoms with Gasteiger partial charge in [0.15, 0.2) is 0 Å². The second kappa shape index (κ2) is 9.51. The van der Waals surface area contributed by atoms with Crippen LogP contribution >= 0.6 is 11.3 Å². The van der Waals surface area contributed by atoms with Crippen LogP contribution in [-0.4, -0.2) is 53.9 Å². The van der Waals surface area contributed by atoms with Crippen LogP contribution in [0.1, 0.15) is 51.4 Å². The summed E-state index contributed by atoms with van der Waals surface area (Å²) < 4.78 is 8.37. The summed E-state index contributed by atoms with van der Waals surface area (Å²) in [4.78, 5) is 16.4. The highest BCUT2D eigenvalue weighted by Gasteiger charge is 2.31. The molecule has 1 fully saturated rings. The topological polar surface area (TPSA) is 59.4 Å². The Morgan fingerprint density at radius 3 is 2.87 bits per heavy atom. The van der Waals surface area contributed by atoms with E-state index in [1.165, 1.54) is 26.9 Å². The van der Waals surface area contributed by atoms with E-state index in [1.54, 1.807) is 18.4 Å². The number of carbonyl (C=O) groups is 1. The Hall–Kier alpha value is -2.22. The van der Waals surface area contributed by atoms with Crippen molar-refractivity contribution in [3.05, 3.63) is 51.7 Å². The van der Waals surface area contributed by atoms with Crippen molar-refractivity contribution in [2.24, 2.45) is 0 Å². The molecule has 4 rings (SSSR count). The number of aryl methyl sites for hydroxylation is 2.